The molecule has 2 aliphatic heterocycles. The third-order valence-corrected chi connectivity index (χ3v) is 20.7. The van der Waals surface area contributed by atoms with Crippen LogP contribution in [0.15, 0.2) is 306 Å². The lowest BCUT2D eigenvalue weighted by Crippen LogP contribution is -2.44. The number of piperidine rings is 1. The molecule has 728 valence electrons. The Bertz CT molecular complexity index is 6640. The van der Waals surface area contributed by atoms with Crippen LogP contribution >= 0.6 is 0 Å². The van der Waals surface area contributed by atoms with Crippen LogP contribution in [-0.2, 0) is 32.1 Å². The Morgan fingerprint density at radius 3 is 1.43 bits per heavy atom. The van der Waals surface area contributed by atoms with Crippen LogP contribution in [0.3, 0.4) is 0 Å². The number of para-hydroxylation sites is 2. The molecule has 0 spiro atoms. The van der Waals surface area contributed by atoms with Crippen LogP contribution in [0.4, 0.5) is 128 Å². The van der Waals surface area contributed by atoms with Crippen molar-refractivity contribution in [1.82, 2.24) is 79.2 Å². The second kappa shape index (κ2) is 52.8. The average molecular weight is 1930 g/mol. The van der Waals surface area contributed by atoms with E-state index in [-0.39, 0.29) is 88.4 Å². The van der Waals surface area contributed by atoms with Crippen molar-refractivity contribution in [3.8, 4) is 17.5 Å². The summed E-state index contributed by atoms with van der Waals surface area (Å²) in [6, 6.07) is 54.8. The first-order valence-electron chi connectivity index (χ1n) is 44.7. The van der Waals surface area contributed by atoms with Gasteiger partial charge in [0.1, 0.15) is 11.6 Å². The number of aryl methyl sites for hydroxylation is 3. The molecule has 142 heavy (non-hydrogen) atoms. The number of aromatic nitrogens is 14. The molecule has 11 N–H and O–H groups in total. The number of pyridine rings is 2. The number of likely N-dealkylation sites (tertiary alicyclic amines) is 2. The molecule has 0 aliphatic carbocycles. The minimum absolute atomic E-state index is 0.0124. The fourth-order valence-electron chi connectivity index (χ4n) is 13.6. The number of hydrogen-bond donors (Lipinski definition) is 11. The molecule has 1 unspecified atom stereocenters. The van der Waals surface area contributed by atoms with Crippen LogP contribution in [0.2, 0.25) is 0 Å². The van der Waals surface area contributed by atoms with Crippen LogP contribution in [0.5, 0.6) is 17.5 Å². The Morgan fingerprint density at radius 1 is 0.451 bits per heavy atom. The number of allylic oxidation sites excluding steroid dienone is 3. The molecule has 39 heteroatoms. The Kier molecular flexibility index (Phi) is 38.2. The van der Waals surface area contributed by atoms with Crippen molar-refractivity contribution >= 4 is 139 Å². The van der Waals surface area contributed by atoms with E-state index < -0.39 is 23.3 Å². The summed E-state index contributed by atoms with van der Waals surface area (Å²) in [5.41, 5.74) is 9.88. The molecule has 16 rings (SSSR count). The van der Waals surface area contributed by atoms with Gasteiger partial charge in [0.05, 0.1) is 75.7 Å². The van der Waals surface area contributed by atoms with Crippen LogP contribution in [0, 0.1) is 30.2 Å². The number of ketones is 2. The van der Waals surface area contributed by atoms with Crippen molar-refractivity contribution in [3.63, 3.8) is 0 Å². The highest BCUT2D eigenvalue weighted by atomic mass is 19.1. The van der Waals surface area contributed by atoms with Crippen molar-refractivity contribution in [2.45, 2.75) is 77.9 Å². The number of nitrogens with zero attached hydrogens (tertiary/aromatic N) is 16. The summed E-state index contributed by atoms with van der Waals surface area (Å²) in [6.45, 7) is 23.2. The van der Waals surface area contributed by atoms with Gasteiger partial charge >= 0.3 is 0 Å². The molecule has 2 aliphatic rings. The standard InChI is InChI=1S/C25H24FN7O2.C22H22N4O.C21H19FN4O.C18H21FN6O2.C17H19FN6O2/c1-2-23(34)29-18-6-3-7-19(14-18)30-24-22(26)16-28-25(32-24)31-20-8-4-9-21(15-20)35-13-5-11-33-12-10-27-17-33;1-3-20(27)13-12-17-8-7-11-19(14-17)24-21-16(2)15-23-22(26-21)25-18-9-5-4-6-10-18;1-14(2)12-19(27)15-8-10-17(11-9-15)24-20-18(22)13-23-21(26-20)25-16-6-4-3-5-7-16;1-3-16(26)25-8-4-5-13(11-25)22-17-14(19)10-21-18(24-17)23-12-6-7-15(27-2)20-9-12;1-3-15(25)24-7-6-12(10-24)21-16-13(18)9-20-17(23-16)22-11-4-5-14(26-2)19-8-11/h2-4,6-10,12,14-17H,1,5,11,13H2,(H,29,34)(H2,28,30,31,32);3-11,14-15H,1,12-13H2,2H3,(H2,23,24,25,26);3-13H,1-2H3,(H2,23,24,25,26);3,6-7,9-10,13H,1,4-5,8,11H2,2H3,(H2,21,22,23,24);3-5,8-9,12H,1,6-7,10H2,2H3,(H2,20,21,22,23)/t;;;13-;/m...1./s1. The number of ether oxygens (including phenoxy) is 3. The number of nitrogens with one attached hydrogen (secondary N) is 11. The second-order valence-corrected chi connectivity index (χ2v) is 31.6. The summed E-state index contributed by atoms with van der Waals surface area (Å²) < 4.78 is 74.5. The first kappa shape index (κ1) is 103. The van der Waals surface area contributed by atoms with Gasteiger partial charge in [-0.3, -0.25) is 24.0 Å². The third-order valence-electron chi connectivity index (χ3n) is 20.7. The fourth-order valence-corrected chi connectivity index (χ4v) is 13.6. The van der Waals surface area contributed by atoms with Gasteiger partial charge in [-0.15, -0.1) is 0 Å². The van der Waals surface area contributed by atoms with E-state index in [2.05, 4.69) is 150 Å². The number of hydrogen-bond acceptors (Lipinski definition) is 31. The molecule has 0 radical (unpaired) electrons. The van der Waals surface area contributed by atoms with Gasteiger partial charge in [-0.25, -0.2) is 57.4 Å². The zero-order valence-electron chi connectivity index (χ0n) is 78.4. The van der Waals surface area contributed by atoms with Crippen LogP contribution in [0.25, 0.3) is 0 Å². The number of anilines is 19. The molecule has 2 saturated heterocycles. The molecule has 2 atom stereocenters. The highest BCUT2D eigenvalue weighted by Gasteiger charge is 2.28. The molecule has 0 bridgehead atoms. The molecule has 10 heterocycles. The van der Waals surface area contributed by atoms with Crippen LogP contribution in [-0.4, -0.2) is 168 Å². The fraction of sp³-hybridized carbons (Fsp3) is 0.184. The molecule has 8 aromatic heterocycles. The highest BCUT2D eigenvalue weighted by Crippen LogP contribution is 2.31. The van der Waals surface area contributed by atoms with Crippen molar-refractivity contribution in [2.24, 2.45) is 0 Å². The highest BCUT2D eigenvalue weighted by molar-refractivity contribution is 6.05. The van der Waals surface area contributed by atoms with Gasteiger partial charge in [-0.2, -0.15) is 24.9 Å². The van der Waals surface area contributed by atoms with E-state index in [0.29, 0.717) is 115 Å². The summed E-state index contributed by atoms with van der Waals surface area (Å²) in [6.07, 6.45) is 25.7. The summed E-state index contributed by atoms with van der Waals surface area (Å²) in [5.74, 6) is 1.18. The second-order valence-electron chi connectivity index (χ2n) is 31.6. The third kappa shape index (κ3) is 32.8. The quantitative estimate of drug-likeness (QED) is 0.00745. The number of methoxy groups -OCH3 is 2. The van der Waals surface area contributed by atoms with Gasteiger partial charge in [0.25, 0.3) is 0 Å². The molecule has 35 nitrogen and oxygen atoms in total. The zero-order chi connectivity index (χ0) is 100. The zero-order valence-corrected chi connectivity index (χ0v) is 78.4. The van der Waals surface area contributed by atoms with E-state index in [1.807, 2.05) is 141 Å². The van der Waals surface area contributed by atoms with Crippen molar-refractivity contribution < 1.29 is 55.7 Å². The van der Waals surface area contributed by atoms with E-state index in [9.17, 15) is 41.5 Å². The SMILES string of the molecule is C=CC(=O)CCc1cccc(Nc2nc(Nc3ccccc3)ncc2C)c1.C=CC(=O)N1CCC(Nc2nc(Nc3ccc(OC)nc3)ncc2F)C1.C=CC(=O)N1CCC[C@@H](Nc2nc(Nc3ccc(OC)nc3)ncc2F)C1.C=CC(=O)Nc1cccc(Nc2nc(Nc3cccc(OCCCn4ccnc4)c3)ncc2F)c1.CC(C)=CC(=O)c1ccc(Nc2nc(Nc3ccccc3)ncc2F)cc1. The molecule has 6 aromatic carbocycles. The summed E-state index contributed by atoms with van der Waals surface area (Å²) >= 11 is 0. The Balaban J connectivity index is 0.000000159. The summed E-state index contributed by atoms with van der Waals surface area (Å²) in [5, 5.41) is 33.1. The lowest BCUT2D eigenvalue weighted by Gasteiger charge is -2.32. The largest absolute Gasteiger partial charge is 0.493 e. The van der Waals surface area contributed by atoms with Crippen molar-refractivity contribution in [3.05, 3.63) is 346 Å². The first-order valence-corrected chi connectivity index (χ1v) is 44.7. The molecule has 2 fully saturated rings. The average Bonchev–Trinajstić information content (AvgIpc) is 1.56. The van der Waals surface area contributed by atoms with E-state index in [1.165, 1.54) is 38.5 Å². The van der Waals surface area contributed by atoms with Crippen molar-refractivity contribution in [1.29, 1.82) is 0 Å². The van der Waals surface area contributed by atoms with E-state index in [1.54, 1.807) is 120 Å². The first-order chi connectivity index (χ1) is 68.9. The number of imidazole rings is 1. The number of rotatable bonds is 37. The Morgan fingerprint density at radius 2 is 0.908 bits per heavy atom. The predicted octanol–water partition coefficient (Wildman–Crippen LogP) is 19.4. The lowest BCUT2D eigenvalue weighted by molar-refractivity contribution is -0.127. The molecular formula is C103H105F4N27O8. The molecular weight excluding hydrogens is 1820 g/mol. The van der Waals surface area contributed by atoms with E-state index >= 15 is 0 Å². The van der Waals surface area contributed by atoms with Gasteiger partial charge in [0.2, 0.25) is 59.2 Å². The molecule has 0 saturated carbocycles. The maximum atomic E-state index is 14.4. The minimum Gasteiger partial charge on any atom is -0.493 e. The molecule has 14 aromatic rings. The smallest absolute Gasteiger partial charge is 0.247 e. The van der Waals surface area contributed by atoms with Gasteiger partial charge in [0, 0.05) is 139 Å². The maximum Gasteiger partial charge on any atom is 0.247 e. The van der Waals surface area contributed by atoms with Gasteiger partial charge in [-0.1, -0.05) is 92.6 Å². The van der Waals surface area contributed by atoms with E-state index in [4.69, 9.17) is 14.2 Å². The monoisotopic (exact) mass is 1920 g/mol. The Labute approximate surface area is 817 Å². The van der Waals surface area contributed by atoms with Gasteiger partial charge in [0.15, 0.2) is 58.1 Å². The van der Waals surface area contributed by atoms with E-state index in [0.717, 1.165) is 90.2 Å². The number of halogens is 4. The Hall–Kier alpha value is -18.2. The topological polar surface area (TPSA) is 424 Å². The van der Waals surface area contributed by atoms with Gasteiger partial charge < -0.3 is 87.1 Å². The van der Waals surface area contributed by atoms with Crippen molar-refractivity contribution in [2.75, 3.05) is 105 Å². The van der Waals surface area contributed by atoms with Crippen LogP contribution in [0.1, 0.15) is 67.4 Å². The number of carbonyl (C=O) groups excluding carboxylic acids is 5. The number of amides is 3. The maximum absolute atomic E-state index is 14.4. The van der Waals surface area contributed by atoms with Crippen LogP contribution < -0.4 is 72.7 Å². The summed E-state index contributed by atoms with van der Waals surface area (Å²) in [4.78, 5) is 115. The molecule has 3 amide bonds. The predicted molar refractivity (Wildman–Crippen MR) is 542 cm³/mol. The minimum atomic E-state index is -0.619. The lowest BCUT2D eigenvalue weighted by atomic mass is 10.1. The number of carbonyl (C=O) groups is 5. The normalized spacial score (nSPS) is 12.6. The van der Waals surface area contributed by atoms with Gasteiger partial charge in [-0.05, 0) is 192 Å². The summed E-state index contributed by atoms with van der Waals surface area (Å²) in [7, 11) is 3.06. The number of benzene rings is 6.